The Labute approximate surface area is 130 Å². The number of hydrogen-bond donors (Lipinski definition) is 0. The summed E-state index contributed by atoms with van der Waals surface area (Å²) in [7, 11) is 5.29. The molecule has 1 fully saturated rings. The van der Waals surface area contributed by atoms with E-state index < -0.39 is 4.92 Å². The standard InChI is InChI=1S/C16H23N3O3/c1-17(2)14-10-9-12(11-15(14)19(21)22)16(20)18(3)13-7-5-4-6-8-13/h9-11,13H,4-8H2,1-3H3. The zero-order valence-corrected chi connectivity index (χ0v) is 13.4. The first-order chi connectivity index (χ1) is 10.4. The second kappa shape index (κ2) is 6.77. The Morgan fingerprint density at radius 3 is 2.36 bits per heavy atom. The molecule has 0 atom stereocenters. The molecule has 0 unspecified atom stereocenters. The molecule has 1 aromatic rings. The highest BCUT2D eigenvalue weighted by atomic mass is 16.6. The number of amides is 1. The van der Waals surface area contributed by atoms with E-state index in [0.29, 0.717) is 11.3 Å². The zero-order chi connectivity index (χ0) is 16.3. The molecule has 0 aromatic heterocycles. The van der Waals surface area contributed by atoms with Gasteiger partial charge in [-0.05, 0) is 25.0 Å². The number of rotatable bonds is 4. The van der Waals surface area contributed by atoms with Crippen LogP contribution in [0.15, 0.2) is 18.2 Å². The third-order valence-electron chi connectivity index (χ3n) is 4.34. The lowest BCUT2D eigenvalue weighted by Crippen LogP contribution is -2.38. The molecular formula is C16H23N3O3. The average molecular weight is 305 g/mol. The summed E-state index contributed by atoms with van der Waals surface area (Å²) >= 11 is 0. The van der Waals surface area contributed by atoms with Crippen LogP contribution in [0.2, 0.25) is 0 Å². The average Bonchev–Trinajstić information content (AvgIpc) is 2.53. The third kappa shape index (κ3) is 3.37. The molecule has 0 bridgehead atoms. The van der Waals surface area contributed by atoms with Gasteiger partial charge in [0.05, 0.1) is 4.92 Å². The van der Waals surface area contributed by atoms with Gasteiger partial charge in [0.1, 0.15) is 5.69 Å². The molecule has 1 aromatic carbocycles. The maximum Gasteiger partial charge on any atom is 0.293 e. The highest BCUT2D eigenvalue weighted by Gasteiger charge is 2.25. The van der Waals surface area contributed by atoms with Gasteiger partial charge < -0.3 is 9.80 Å². The minimum absolute atomic E-state index is 0.0344. The Morgan fingerprint density at radius 2 is 1.82 bits per heavy atom. The molecular weight excluding hydrogens is 282 g/mol. The van der Waals surface area contributed by atoms with E-state index in [2.05, 4.69) is 0 Å². The monoisotopic (exact) mass is 305 g/mol. The van der Waals surface area contributed by atoms with Crippen LogP contribution < -0.4 is 4.90 Å². The van der Waals surface area contributed by atoms with E-state index in [9.17, 15) is 14.9 Å². The molecule has 0 radical (unpaired) electrons. The maximum atomic E-state index is 12.6. The van der Waals surface area contributed by atoms with Gasteiger partial charge in [0, 0.05) is 38.8 Å². The first-order valence-corrected chi connectivity index (χ1v) is 7.64. The fourth-order valence-corrected chi connectivity index (χ4v) is 3.02. The molecule has 1 aliphatic carbocycles. The van der Waals surface area contributed by atoms with E-state index in [1.165, 1.54) is 12.5 Å². The zero-order valence-electron chi connectivity index (χ0n) is 13.4. The van der Waals surface area contributed by atoms with Crippen molar-refractivity contribution in [2.75, 3.05) is 26.0 Å². The smallest absolute Gasteiger partial charge is 0.293 e. The van der Waals surface area contributed by atoms with E-state index >= 15 is 0 Å². The van der Waals surface area contributed by atoms with Crippen molar-refractivity contribution in [1.82, 2.24) is 4.90 Å². The number of anilines is 1. The van der Waals surface area contributed by atoms with Gasteiger partial charge in [-0.25, -0.2) is 0 Å². The molecule has 0 spiro atoms. The number of nitrogens with zero attached hydrogens (tertiary/aromatic N) is 3. The van der Waals surface area contributed by atoms with Gasteiger partial charge in [0.2, 0.25) is 0 Å². The highest BCUT2D eigenvalue weighted by Crippen LogP contribution is 2.29. The minimum Gasteiger partial charge on any atom is -0.372 e. The van der Waals surface area contributed by atoms with Crippen molar-refractivity contribution < 1.29 is 9.72 Å². The molecule has 6 heteroatoms. The Bertz CT molecular complexity index is 566. The number of carbonyl (C=O) groups excluding carboxylic acids is 1. The lowest BCUT2D eigenvalue weighted by atomic mass is 9.94. The number of benzene rings is 1. The second-order valence-corrected chi connectivity index (χ2v) is 6.06. The predicted octanol–water partition coefficient (Wildman–Crippen LogP) is 3.07. The van der Waals surface area contributed by atoms with E-state index in [1.807, 2.05) is 0 Å². The van der Waals surface area contributed by atoms with Crippen LogP contribution in [0, 0.1) is 10.1 Å². The molecule has 1 amide bonds. The van der Waals surface area contributed by atoms with Crippen LogP contribution in [-0.2, 0) is 0 Å². The lowest BCUT2D eigenvalue weighted by molar-refractivity contribution is -0.384. The van der Waals surface area contributed by atoms with Gasteiger partial charge >= 0.3 is 0 Å². The normalized spacial score (nSPS) is 15.4. The van der Waals surface area contributed by atoms with Gasteiger partial charge in [0.15, 0.2) is 0 Å². The maximum absolute atomic E-state index is 12.6. The van der Waals surface area contributed by atoms with Gasteiger partial charge in [0.25, 0.3) is 11.6 Å². The van der Waals surface area contributed by atoms with Crippen LogP contribution in [0.5, 0.6) is 0 Å². The Hall–Kier alpha value is -2.11. The molecule has 1 aliphatic rings. The summed E-state index contributed by atoms with van der Waals surface area (Å²) in [5.41, 5.74) is 0.847. The van der Waals surface area contributed by atoms with Crippen molar-refractivity contribution in [3.63, 3.8) is 0 Å². The van der Waals surface area contributed by atoms with Gasteiger partial charge in [-0.15, -0.1) is 0 Å². The minimum atomic E-state index is -0.438. The molecule has 0 heterocycles. The molecule has 0 aliphatic heterocycles. The summed E-state index contributed by atoms with van der Waals surface area (Å²) in [4.78, 5) is 26.8. The number of nitro groups is 1. The molecule has 22 heavy (non-hydrogen) atoms. The fourth-order valence-electron chi connectivity index (χ4n) is 3.02. The summed E-state index contributed by atoms with van der Waals surface area (Å²) in [6.45, 7) is 0. The summed E-state index contributed by atoms with van der Waals surface area (Å²) in [6.07, 6.45) is 5.53. The molecule has 120 valence electrons. The molecule has 6 nitrogen and oxygen atoms in total. The number of nitro benzene ring substituents is 1. The van der Waals surface area contributed by atoms with Crippen LogP contribution in [0.1, 0.15) is 42.5 Å². The van der Waals surface area contributed by atoms with E-state index in [4.69, 9.17) is 0 Å². The molecule has 0 saturated heterocycles. The topological polar surface area (TPSA) is 66.7 Å². The van der Waals surface area contributed by atoms with Crippen molar-refractivity contribution in [3.8, 4) is 0 Å². The van der Waals surface area contributed by atoms with Crippen LogP contribution in [0.3, 0.4) is 0 Å². The van der Waals surface area contributed by atoms with E-state index in [1.54, 1.807) is 43.1 Å². The quantitative estimate of drug-likeness (QED) is 0.633. The summed E-state index contributed by atoms with van der Waals surface area (Å²) < 4.78 is 0. The molecule has 2 rings (SSSR count). The second-order valence-electron chi connectivity index (χ2n) is 6.06. The Morgan fingerprint density at radius 1 is 1.18 bits per heavy atom. The predicted molar refractivity (Wildman–Crippen MR) is 86.4 cm³/mol. The molecule has 0 N–H and O–H groups in total. The van der Waals surface area contributed by atoms with Crippen LogP contribution in [0.4, 0.5) is 11.4 Å². The number of carbonyl (C=O) groups is 1. The summed E-state index contributed by atoms with van der Waals surface area (Å²) in [5, 5.41) is 11.2. The van der Waals surface area contributed by atoms with Gasteiger partial charge in [-0.1, -0.05) is 19.3 Å². The van der Waals surface area contributed by atoms with Crippen LogP contribution in [0.25, 0.3) is 0 Å². The van der Waals surface area contributed by atoms with Gasteiger partial charge in [-0.2, -0.15) is 0 Å². The fraction of sp³-hybridized carbons (Fsp3) is 0.562. The largest absolute Gasteiger partial charge is 0.372 e. The highest BCUT2D eigenvalue weighted by molar-refractivity contribution is 5.95. The SMILES string of the molecule is CN(C)c1ccc(C(=O)N(C)C2CCCCC2)cc1[N+](=O)[O-]. The van der Waals surface area contributed by atoms with Crippen LogP contribution in [-0.4, -0.2) is 42.9 Å². The van der Waals surface area contributed by atoms with Gasteiger partial charge in [-0.3, -0.25) is 14.9 Å². The van der Waals surface area contributed by atoms with E-state index in [0.717, 1.165) is 25.7 Å². The van der Waals surface area contributed by atoms with Crippen LogP contribution >= 0.6 is 0 Å². The first-order valence-electron chi connectivity index (χ1n) is 7.64. The first kappa shape index (κ1) is 16.3. The Balaban J connectivity index is 2.25. The number of hydrogen-bond acceptors (Lipinski definition) is 4. The van der Waals surface area contributed by atoms with Crippen molar-refractivity contribution in [2.45, 2.75) is 38.1 Å². The van der Waals surface area contributed by atoms with E-state index in [-0.39, 0.29) is 17.6 Å². The lowest BCUT2D eigenvalue weighted by Gasteiger charge is -2.31. The van der Waals surface area contributed by atoms with Crippen molar-refractivity contribution in [3.05, 3.63) is 33.9 Å². The van der Waals surface area contributed by atoms with Crippen molar-refractivity contribution in [1.29, 1.82) is 0 Å². The third-order valence-corrected chi connectivity index (χ3v) is 4.34. The summed E-state index contributed by atoms with van der Waals surface area (Å²) in [6, 6.07) is 4.94. The Kier molecular flexibility index (Phi) is 5.00. The molecule has 1 saturated carbocycles. The van der Waals surface area contributed by atoms with Crippen molar-refractivity contribution >= 4 is 17.3 Å². The van der Waals surface area contributed by atoms with Crippen molar-refractivity contribution in [2.24, 2.45) is 0 Å². The summed E-state index contributed by atoms with van der Waals surface area (Å²) in [5.74, 6) is -0.139.